The lowest BCUT2D eigenvalue weighted by molar-refractivity contribution is -0.145. The summed E-state index contributed by atoms with van der Waals surface area (Å²) in [5, 5.41) is 8.52. The molecule has 0 unspecified atom stereocenters. The fourth-order valence-electron chi connectivity index (χ4n) is 1.10. The molecule has 0 radical (unpaired) electrons. The van der Waals surface area contributed by atoms with Gasteiger partial charge in [0.25, 0.3) is 0 Å². The Morgan fingerprint density at radius 1 is 1.62 bits per heavy atom. The van der Waals surface area contributed by atoms with Gasteiger partial charge in [-0.15, -0.1) is 0 Å². The van der Waals surface area contributed by atoms with Crippen LogP contribution in [0.5, 0.6) is 0 Å². The first kappa shape index (κ1) is 10.5. The number of hydrogen-bond donors (Lipinski definition) is 2. The van der Waals surface area contributed by atoms with Gasteiger partial charge in [-0.2, -0.15) is 0 Å². The van der Waals surface area contributed by atoms with Crippen LogP contribution in [0.25, 0.3) is 0 Å². The van der Waals surface area contributed by atoms with E-state index in [1.54, 1.807) is 0 Å². The number of ether oxygens (including phenoxy) is 1. The molecule has 13 heavy (non-hydrogen) atoms. The van der Waals surface area contributed by atoms with Crippen LogP contribution in [0.15, 0.2) is 0 Å². The minimum Gasteiger partial charge on any atom is -0.465 e. The third-order valence-electron chi connectivity index (χ3n) is 2.21. The zero-order chi connectivity index (χ0) is 9.68. The summed E-state index contributed by atoms with van der Waals surface area (Å²) in [5.74, 6) is 0.372. The lowest BCUT2D eigenvalue weighted by Gasteiger charge is -2.09. The predicted octanol–water partition coefficient (Wildman–Crippen LogP) is 0.0394. The van der Waals surface area contributed by atoms with Gasteiger partial charge in [0.1, 0.15) is 6.04 Å². The average molecular weight is 187 g/mol. The summed E-state index contributed by atoms with van der Waals surface area (Å²) < 4.78 is 4.93. The molecule has 0 aliphatic heterocycles. The Hall–Kier alpha value is -0.610. The van der Waals surface area contributed by atoms with Crippen LogP contribution >= 0.6 is 0 Å². The molecule has 76 valence electrons. The number of rotatable bonds is 6. The number of carbonyl (C=O) groups excluding carboxylic acids is 1. The molecule has 1 aliphatic carbocycles. The molecule has 0 spiro atoms. The number of aliphatic hydroxyl groups excluding tert-OH is 1. The molecule has 3 N–H and O–H groups in total. The smallest absolute Gasteiger partial charge is 0.322 e. The zero-order valence-corrected chi connectivity index (χ0v) is 7.74. The zero-order valence-electron chi connectivity index (χ0n) is 7.74. The maximum absolute atomic E-state index is 11.1. The van der Waals surface area contributed by atoms with E-state index in [0.717, 1.165) is 12.3 Å². The van der Waals surface area contributed by atoms with Gasteiger partial charge in [-0.05, 0) is 18.8 Å². The van der Waals surface area contributed by atoms with E-state index in [2.05, 4.69) is 0 Å². The van der Waals surface area contributed by atoms with Crippen molar-refractivity contribution >= 4 is 5.97 Å². The van der Waals surface area contributed by atoms with Gasteiger partial charge < -0.3 is 15.6 Å². The van der Waals surface area contributed by atoms with Gasteiger partial charge in [-0.1, -0.05) is 12.8 Å². The van der Waals surface area contributed by atoms with Gasteiger partial charge in [0.15, 0.2) is 0 Å². The van der Waals surface area contributed by atoms with Gasteiger partial charge in [0, 0.05) is 6.61 Å². The van der Waals surface area contributed by atoms with Crippen molar-refractivity contribution in [3.63, 3.8) is 0 Å². The van der Waals surface area contributed by atoms with Crippen LogP contribution in [0.1, 0.15) is 25.7 Å². The van der Waals surface area contributed by atoms with Crippen LogP contribution in [0.3, 0.4) is 0 Å². The summed E-state index contributed by atoms with van der Waals surface area (Å²) in [6, 6.07) is -0.663. The third-order valence-corrected chi connectivity index (χ3v) is 2.21. The summed E-state index contributed by atoms with van der Waals surface area (Å²) in [4.78, 5) is 11.1. The summed E-state index contributed by atoms with van der Waals surface area (Å²) in [6.45, 7) is 0.404. The highest BCUT2D eigenvalue weighted by molar-refractivity contribution is 5.75. The highest BCUT2D eigenvalue weighted by Gasteiger charge is 2.22. The minimum absolute atomic E-state index is 0.0705. The first-order valence-corrected chi connectivity index (χ1v) is 4.77. The van der Waals surface area contributed by atoms with Crippen LogP contribution in [-0.2, 0) is 9.53 Å². The Bertz CT molecular complexity index is 168. The van der Waals surface area contributed by atoms with Gasteiger partial charge in [0.2, 0.25) is 0 Å². The highest BCUT2D eigenvalue weighted by atomic mass is 16.5. The van der Waals surface area contributed by atoms with E-state index in [-0.39, 0.29) is 13.0 Å². The lowest BCUT2D eigenvalue weighted by atomic mass is 10.2. The van der Waals surface area contributed by atoms with E-state index < -0.39 is 12.0 Å². The molecule has 1 atom stereocenters. The molecule has 0 aromatic rings. The molecule has 0 aromatic carbocycles. The molecule has 0 amide bonds. The SMILES string of the molecule is N[C@H](CCO)C(=O)OCCC1CC1. The Morgan fingerprint density at radius 3 is 2.85 bits per heavy atom. The van der Waals surface area contributed by atoms with E-state index >= 15 is 0 Å². The number of hydrogen-bond acceptors (Lipinski definition) is 4. The van der Waals surface area contributed by atoms with Gasteiger partial charge >= 0.3 is 5.97 Å². The first-order valence-electron chi connectivity index (χ1n) is 4.77. The van der Waals surface area contributed by atoms with E-state index in [1.165, 1.54) is 12.8 Å². The van der Waals surface area contributed by atoms with Crippen molar-refractivity contribution in [1.82, 2.24) is 0 Å². The Balaban J connectivity index is 2.01. The molecule has 0 heterocycles. The summed E-state index contributed by atoms with van der Waals surface area (Å²) in [5.41, 5.74) is 5.43. The summed E-state index contributed by atoms with van der Waals surface area (Å²) >= 11 is 0. The summed E-state index contributed by atoms with van der Waals surface area (Å²) in [7, 11) is 0. The van der Waals surface area contributed by atoms with Crippen LogP contribution in [-0.4, -0.2) is 30.3 Å². The van der Waals surface area contributed by atoms with Crippen LogP contribution < -0.4 is 5.73 Å². The molecule has 1 saturated carbocycles. The van der Waals surface area contributed by atoms with Crippen molar-refractivity contribution in [2.24, 2.45) is 11.7 Å². The molecule has 4 nitrogen and oxygen atoms in total. The van der Waals surface area contributed by atoms with Crippen molar-refractivity contribution in [3.05, 3.63) is 0 Å². The van der Waals surface area contributed by atoms with Gasteiger partial charge in [-0.3, -0.25) is 4.79 Å². The van der Waals surface area contributed by atoms with Gasteiger partial charge in [0.05, 0.1) is 6.61 Å². The van der Waals surface area contributed by atoms with E-state index in [9.17, 15) is 4.79 Å². The minimum atomic E-state index is -0.663. The molecule has 0 bridgehead atoms. The first-order chi connectivity index (χ1) is 6.24. The number of esters is 1. The summed E-state index contributed by atoms with van der Waals surface area (Å²) in [6.07, 6.45) is 3.76. The molecule has 1 fully saturated rings. The van der Waals surface area contributed by atoms with E-state index in [0.29, 0.717) is 6.61 Å². The average Bonchev–Trinajstić information content (AvgIpc) is 2.88. The van der Waals surface area contributed by atoms with Crippen molar-refractivity contribution in [1.29, 1.82) is 0 Å². The van der Waals surface area contributed by atoms with Crippen LogP contribution in [0.2, 0.25) is 0 Å². The quantitative estimate of drug-likeness (QED) is 0.576. The van der Waals surface area contributed by atoms with E-state index in [1.807, 2.05) is 0 Å². The molecular weight excluding hydrogens is 170 g/mol. The monoisotopic (exact) mass is 187 g/mol. The fraction of sp³-hybridized carbons (Fsp3) is 0.889. The van der Waals surface area contributed by atoms with Crippen molar-refractivity contribution < 1.29 is 14.6 Å². The predicted molar refractivity (Wildman–Crippen MR) is 48.0 cm³/mol. The molecular formula is C9H17NO3. The van der Waals surface area contributed by atoms with E-state index in [4.69, 9.17) is 15.6 Å². The Labute approximate surface area is 78.1 Å². The second-order valence-corrected chi connectivity index (χ2v) is 3.52. The van der Waals surface area contributed by atoms with Crippen molar-refractivity contribution in [3.8, 4) is 0 Å². The van der Waals surface area contributed by atoms with Gasteiger partial charge in [-0.25, -0.2) is 0 Å². The largest absolute Gasteiger partial charge is 0.465 e. The number of carbonyl (C=O) groups is 1. The maximum atomic E-state index is 11.1. The van der Waals surface area contributed by atoms with Crippen LogP contribution in [0, 0.1) is 5.92 Å². The fourth-order valence-corrected chi connectivity index (χ4v) is 1.10. The molecule has 0 aromatic heterocycles. The third kappa shape index (κ3) is 4.24. The normalized spacial score (nSPS) is 18.3. The topological polar surface area (TPSA) is 72.5 Å². The molecule has 4 heteroatoms. The second-order valence-electron chi connectivity index (χ2n) is 3.52. The number of nitrogens with two attached hydrogens (primary N) is 1. The Morgan fingerprint density at radius 2 is 2.31 bits per heavy atom. The number of aliphatic hydroxyl groups is 1. The molecule has 1 aliphatic rings. The standard InChI is InChI=1S/C9H17NO3/c10-8(3-5-11)9(12)13-6-4-7-1-2-7/h7-8,11H,1-6,10H2/t8-/m1/s1. The van der Waals surface area contributed by atoms with Crippen molar-refractivity contribution in [2.45, 2.75) is 31.7 Å². The van der Waals surface area contributed by atoms with Crippen molar-refractivity contribution in [2.75, 3.05) is 13.2 Å². The second kappa shape index (κ2) is 5.19. The highest BCUT2D eigenvalue weighted by Crippen LogP contribution is 2.32. The molecule has 1 rings (SSSR count). The molecule has 0 saturated heterocycles. The Kier molecular flexibility index (Phi) is 4.18. The maximum Gasteiger partial charge on any atom is 0.322 e. The lowest BCUT2D eigenvalue weighted by Crippen LogP contribution is -2.33. The van der Waals surface area contributed by atoms with Crippen LogP contribution in [0.4, 0.5) is 0 Å².